The molecule has 2 amide bonds. The van der Waals surface area contributed by atoms with Gasteiger partial charge < -0.3 is 10.2 Å². The van der Waals surface area contributed by atoms with E-state index in [1.165, 1.54) is 16.7 Å². The number of hydrogen-bond donors (Lipinski definition) is 1. The molecule has 3 rings (SSSR count). The van der Waals surface area contributed by atoms with E-state index in [1.807, 2.05) is 0 Å². The maximum absolute atomic E-state index is 12.9. The SMILES string of the molecule is C[C@]12CCC(=O)N1[C@@H](C(=O)Nc1cc(C(F)(F)F)cc(C(F)(F)F)c1)CS2. The Labute approximate surface area is 154 Å². The highest BCUT2D eigenvalue weighted by Gasteiger charge is 2.53. The van der Waals surface area contributed by atoms with Crippen LogP contribution in [0, 0.1) is 0 Å². The molecule has 0 unspecified atom stereocenters. The third-order valence-corrected chi connectivity index (χ3v) is 6.11. The summed E-state index contributed by atoms with van der Waals surface area (Å²) in [5.41, 5.74) is -3.65. The number of hydrogen-bond acceptors (Lipinski definition) is 3. The van der Waals surface area contributed by atoms with Gasteiger partial charge in [0.15, 0.2) is 0 Å². The zero-order valence-electron chi connectivity index (χ0n) is 13.9. The first-order valence-corrected chi connectivity index (χ1v) is 8.86. The molecule has 11 heteroatoms. The monoisotopic (exact) mass is 412 g/mol. The summed E-state index contributed by atoms with van der Waals surface area (Å²) in [4.78, 5) is 25.3. The number of halogens is 6. The maximum atomic E-state index is 12.9. The Morgan fingerprint density at radius 3 is 2.22 bits per heavy atom. The second-order valence-electron chi connectivity index (χ2n) is 6.55. The highest BCUT2D eigenvalue weighted by Crippen LogP contribution is 2.47. The summed E-state index contributed by atoms with van der Waals surface area (Å²) in [6, 6.07) is -0.0679. The lowest BCUT2D eigenvalue weighted by Crippen LogP contribution is -2.48. The lowest BCUT2D eigenvalue weighted by molar-refractivity contribution is -0.143. The quantitative estimate of drug-likeness (QED) is 0.744. The number of alkyl halides is 6. The van der Waals surface area contributed by atoms with E-state index < -0.39 is 46.0 Å². The van der Waals surface area contributed by atoms with Gasteiger partial charge in [0.25, 0.3) is 0 Å². The molecule has 27 heavy (non-hydrogen) atoms. The minimum absolute atomic E-state index is 0.0118. The van der Waals surface area contributed by atoms with Crippen LogP contribution in [0.5, 0.6) is 0 Å². The lowest BCUT2D eigenvalue weighted by atomic mass is 10.1. The molecule has 2 fully saturated rings. The Balaban J connectivity index is 1.89. The summed E-state index contributed by atoms with van der Waals surface area (Å²) < 4.78 is 77.5. The van der Waals surface area contributed by atoms with Crippen molar-refractivity contribution in [2.24, 2.45) is 0 Å². The fourth-order valence-electron chi connectivity index (χ4n) is 3.27. The van der Waals surface area contributed by atoms with Gasteiger partial charge in [-0.3, -0.25) is 9.59 Å². The summed E-state index contributed by atoms with van der Waals surface area (Å²) in [7, 11) is 0. The molecule has 1 N–H and O–H groups in total. The minimum atomic E-state index is -5.01. The van der Waals surface area contributed by atoms with Crippen molar-refractivity contribution in [3.63, 3.8) is 0 Å². The van der Waals surface area contributed by atoms with Crippen molar-refractivity contribution < 1.29 is 35.9 Å². The van der Waals surface area contributed by atoms with E-state index in [2.05, 4.69) is 5.32 Å². The van der Waals surface area contributed by atoms with Gasteiger partial charge in [0.05, 0.1) is 16.0 Å². The summed E-state index contributed by atoms with van der Waals surface area (Å²) in [6.07, 6.45) is -9.24. The minimum Gasteiger partial charge on any atom is -0.324 e. The predicted molar refractivity (Wildman–Crippen MR) is 85.8 cm³/mol. The van der Waals surface area contributed by atoms with E-state index in [1.54, 1.807) is 6.92 Å². The van der Waals surface area contributed by atoms with Crippen molar-refractivity contribution in [1.29, 1.82) is 0 Å². The van der Waals surface area contributed by atoms with Gasteiger partial charge in [-0.1, -0.05) is 0 Å². The number of thioether (sulfide) groups is 1. The van der Waals surface area contributed by atoms with Crippen LogP contribution in [-0.2, 0) is 21.9 Å². The Bertz CT molecular complexity index is 762. The number of carbonyl (C=O) groups is 2. The zero-order chi connectivity index (χ0) is 20.2. The third-order valence-electron chi connectivity index (χ3n) is 4.60. The summed E-state index contributed by atoms with van der Waals surface area (Å²) >= 11 is 1.37. The van der Waals surface area contributed by atoms with Crippen molar-refractivity contribution in [2.45, 2.75) is 43.0 Å². The van der Waals surface area contributed by atoms with E-state index >= 15 is 0 Å². The van der Waals surface area contributed by atoms with E-state index in [-0.39, 0.29) is 24.1 Å². The van der Waals surface area contributed by atoms with E-state index in [0.717, 1.165) is 0 Å². The van der Waals surface area contributed by atoms with Crippen LogP contribution >= 0.6 is 11.8 Å². The van der Waals surface area contributed by atoms with Gasteiger partial charge in [-0.15, -0.1) is 11.8 Å². The normalized spacial score (nSPS) is 25.7. The molecule has 2 aliphatic rings. The lowest BCUT2D eigenvalue weighted by Gasteiger charge is -2.30. The average Bonchev–Trinajstić information content (AvgIpc) is 3.02. The molecular weight excluding hydrogens is 398 g/mol. The van der Waals surface area contributed by atoms with E-state index in [9.17, 15) is 35.9 Å². The number of benzene rings is 1. The molecule has 0 aliphatic carbocycles. The van der Waals surface area contributed by atoms with Crippen LogP contribution in [0.25, 0.3) is 0 Å². The van der Waals surface area contributed by atoms with Crippen molar-refractivity contribution in [2.75, 3.05) is 11.1 Å². The fourth-order valence-corrected chi connectivity index (χ4v) is 4.70. The number of rotatable bonds is 2. The van der Waals surface area contributed by atoms with Crippen molar-refractivity contribution in [3.8, 4) is 0 Å². The molecule has 1 aromatic carbocycles. The van der Waals surface area contributed by atoms with Gasteiger partial charge >= 0.3 is 12.4 Å². The Morgan fingerprint density at radius 1 is 1.15 bits per heavy atom. The second-order valence-corrected chi connectivity index (χ2v) is 8.05. The predicted octanol–water partition coefficient (Wildman–Crippen LogP) is 4.12. The van der Waals surface area contributed by atoms with Crippen LogP contribution in [0.2, 0.25) is 0 Å². The molecule has 0 bridgehead atoms. The molecule has 2 atom stereocenters. The van der Waals surface area contributed by atoms with Crippen LogP contribution < -0.4 is 5.32 Å². The number of fused-ring (bicyclic) bond motifs is 1. The number of anilines is 1. The summed E-state index contributed by atoms with van der Waals surface area (Å²) in [5.74, 6) is -0.851. The third kappa shape index (κ3) is 3.74. The molecule has 0 radical (unpaired) electrons. The molecule has 0 aromatic heterocycles. The molecule has 2 saturated heterocycles. The Hall–Kier alpha value is -1.91. The molecule has 2 heterocycles. The van der Waals surface area contributed by atoms with Crippen LogP contribution in [0.4, 0.5) is 32.0 Å². The first-order valence-electron chi connectivity index (χ1n) is 7.88. The molecule has 4 nitrogen and oxygen atoms in total. The van der Waals surface area contributed by atoms with Gasteiger partial charge in [-0.05, 0) is 31.5 Å². The standard InChI is InChI=1S/C16H14F6N2O2S/c1-14-3-2-12(25)24(14)11(7-27-14)13(26)23-10-5-8(15(17,18)19)4-9(6-10)16(20,21)22/h4-6,11H,2-3,7H2,1H3,(H,23,26)/t11-,14+/m1/s1. The maximum Gasteiger partial charge on any atom is 0.416 e. The molecular formula is C16H14F6N2O2S. The summed E-state index contributed by atoms with van der Waals surface area (Å²) in [5, 5.41) is 2.11. The molecule has 0 saturated carbocycles. The number of amides is 2. The van der Waals surface area contributed by atoms with Crippen LogP contribution in [-0.4, -0.2) is 33.4 Å². The fraction of sp³-hybridized carbons (Fsp3) is 0.500. The van der Waals surface area contributed by atoms with Crippen molar-refractivity contribution >= 4 is 29.3 Å². The van der Waals surface area contributed by atoms with Gasteiger partial charge in [0, 0.05) is 17.9 Å². The zero-order valence-corrected chi connectivity index (χ0v) is 14.7. The number of carbonyl (C=O) groups excluding carboxylic acids is 2. The Kier molecular flexibility index (Phi) is 4.64. The van der Waals surface area contributed by atoms with Gasteiger partial charge in [-0.25, -0.2) is 0 Å². The number of nitrogens with one attached hydrogen (secondary N) is 1. The van der Waals surface area contributed by atoms with E-state index in [0.29, 0.717) is 18.6 Å². The highest BCUT2D eigenvalue weighted by molar-refractivity contribution is 8.01. The second kappa shape index (κ2) is 6.32. The van der Waals surface area contributed by atoms with Crippen molar-refractivity contribution in [1.82, 2.24) is 4.90 Å². The molecule has 0 spiro atoms. The first kappa shape index (κ1) is 19.8. The van der Waals surface area contributed by atoms with Crippen molar-refractivity contribution in [3.05, 3.63) is 29.3 Å². The molecule has 1 aromatic rings. The van der Waals surface area contributed by atoms with Gasteiger partial charge in [0.2, 0.25) is 11.8 Å². The van der Waals surface area contributed by atoms with Gasteiger partial charge in [0.1, 0.15) is 6.04 Å². The smallest absolute Gasteiger partial charge is 0.324 e. The first-order chi connectivity index (χ1) is 12.3. The van der Waals surface area contributed by atoms with Crippen LogP contribution in [0.3, 0.4) is 0 Å². The highest BCUT2D eigenvalue weighted by atomic mass is 32.2. The van der Waals surface area contributed by atoms with E-state index in [4.69, 9.17) is 0 Å². The van der Waals surface area contributed by atoms with Crippen LogP contribution in [0.15, 0.2) is 18.2 Å². The van der Waals surface area contributed by atoms with Gasteiger partial charge in [-0.2, -0.15) is 26.3 Å². The molecule has 148 valence electrons. The number of nitrogens with zero attached hydrogens (tertiary/aromatic N) is 1. The topological polar surface area (TPSA) is 49.4 Å². The Morgan fingerprint density at radius 2 is 1.70 bits per heavy atom. The molecule has 2 aliphatic heterocycles. The van der Waals surface area contributed by atoms with Crippen LogP contribution in [0.1, 0.15) is 30.9 Å². The summed E-state index contributed by atoms with van der Waals surface area (Å²) in [6.45, 7) is 1.78. The average molecular weight is 412 g/mol. The largest absolute Gasteiger partial charge is 0.416 e.